The van der Waals surface area contributed by atoms with Crippen LogP contribution in [0.15, 0.2) is 66.9 Å². The van der Waals surface area contributed by atoms with Crippen molar-refractivity contribution < 1.29 is 9.53 Å². The molecule has 44 heavy (non-hydrogen) atoms. The zero-order valence-corrected chi connectivity index (χ0v) is 27.0. The van der Waals surface area contributed by atoms with Gasteiger partial charge in [0.05, 0.1) is 0 Å². The Morgan fingerprint density at radius 1 is 0.659 bits per heavy atom. The molecule has 0 atom stereocenters. The number of ether oxygens (including phenoxy) is 1. The largest absolute Gasteiger partial charge is 0.439 e. The van der Waals surface area contributed by atoms with Crippen LogP contribution in [0.3, 0.4) is 0 Å². The number of benzene rings is 2. The molecule has 5 aromatic rings. The van der Waals surface area contributed by atoms with Crippen LogP contribution in [0.2, 0.25) is 0 Å². The second-order valence-corrected chi connectivity index (χ2v) is 12.6. The number of aromatic nitrogens is 3. The second-order valence-electron chi connectivity index (χ2n) is 12.6. The minimum atomic E-state index is -1.10. The van der Waals surface area contributed by atoms with Gasteiger partial charge >= 0.3 is 5.97 Å². The zero-order valence-electron chi connectivity index (χ0n) is 27.0. The molecule has 0 bridgehead atoms. The van der Waals surface area contributed by atoms with Crippen LogP contribution in [0, 0.1) is 13.8 Å². The smallest absolute Gasteiger partial charge is 0.358 e. The van der Waals surface area contributed by atoms with E-state index >= 15 is 0 Å². The number of pyridine rings is 1. The predicted molar refractivity (Wildman–Crippen MR) is 180 cm³/mol. The fourth-order valence-corrected chi connectivity index (χ4v) is 7.66. The molecule has 3 aromatic heterocycles. The van der Waals surface area contributed by atoms with Gasteiger partial charge in [-0.2, -0.15) is 0 Å². The van der Waals surface area contributed by atoms with Crippen LogP contribution >= 0.6 is 0 Å². The van der Waals surface area contributed by atoms with Gasteiger partial charge in [-0.05, 0) is 44.9 Å². The van der Waals surface area contributed by atoms with Crippen molar-refractivity contribution in [1.29, 1.82) is 0 Å². The van der Waals surface area contributed by atoms with Crippen molar-refractivity contribution in [3.8, 4) is 0 Å². The lowest BCUT2D eigenvalue weighted by Crippen LogP contribution is -2.31. The Kier molecular flexibility index (Phi) is 8.93. The van der Waals surface area contributed by atoms with Crippen molar-refractivity contribution in [3.63, 3.8) is 0 Å². The first-order chi connectivity index (χ1) is 21.5. The number of cyclic esters (lactones) is 1. The highest BCUT2D eigenvalue weighted by molar-refractivity contribution is 6.00. The number of esters is 1. The monoisotopic (exact) mass is 589 g/mol. The molecule has 6 rings (SSSR count). The average Bonchev–Trinajstić information content (AvgIpc) is 3.61. The molecule has 0 aliphatic carbocycles. The summed E-state index contributed by atoms with van der Waals surface area (Å²) in [5.41, 5.74) is 6.98. The minimum Gasteiger partial charge on any atom is -0.439 e. The highest BCUT2D eigenvalue weighted by Crippen LogP contribution is 2.53. The van der Waals surface area contributed by atoms with Crippen molar-refractivity contribution in [2.24, 2.45) is 0 Å². The Hall–Kier alpha value is -3.86. The van der Waals surface area contributed by atoms with Crippen LogP contribution in [0.4, 0.5) is 0 Å². The summed E-state index contributed by atoms with van der Waals surface area (Å²) in [6.45, 7) is 10.8. The first kappa shape index (κ1) is 30.2. The number of carbonyl (C=O) groups is 1. The van der Waals surface area contributed by atoms with Crippen LogP contribution in [0.5, 0.6) is 0 Å². The normalized spacial score (nSPS) is 14.0. The van der Waals surface area contributed by atoms with Crippen LogP contribution in [-0.4, -0.2) is 20.1 Å². The molecule has 230 valence electrons. The van der Waals surface area contributed by atoms with E-state index in [9.17, 15) is 4.79 Å². The summed E-state index contributed by atoms with van der Waals surface area (Å²) in [6, 6.07) is 21.3. The fraction of sp³-hybridized carbons (Fsp3) is 0.436. The van der Waals surface area contributed by atoms with Gasteiger partial charge in [0.2, 0.25) is 0 Å². The van der Waals surface area contributed by atoms with E-state index < -0.39 is 5.60 Å². The highest BCUT2D eigenvalue weighted by atomic mass is 16.6. The van der Waals surface area contributed by atoms with Gasteiger partial charge in [0.15, 0.2) is 11.3 Å². The maximum atomic E-state index is 13.8. The van der Waals surface area contributed by atoms with E-state index in [1.807, 2.05) is 6.07 Å². The SMILES string of the molecule is CCCCCCCn1c(C)c(C2(c3c(C)n(CCCCCCC)c4ccccc34)OC(=O)c3ncccc32)c2ccccc21. The number of carbonyl (C=O) groups excluding carboxylic acids is 1. The standard InChI is InChI=1S/C39H47N3O2/c1-5-7-9-11-17-26-41-28(3)35(30-20-13-15-23-33(30)41)39(32-22-19-25-40-37(32)38(43)44-39)36-29(4)42(27-18-12-10-8-6-2)34-24-16-14-21-31(34)36/h13-16,19-25H,5-12,17-18,26-27H2,1-4H3. The number of hydrogen-bond acceptors (Lipinski definition) is 3. The van der Waals surface area contributed by atoms with Crippen molar-refractivity contribution in [2.75, 3.05) is 0 Å². The fourth-order valence-electron chi connectivity index (χ4n) is 7.66. The number of aryl methyl sites for hydroxylation is 2. The number of hydrogen-bond donors (Lipinski definition) is 0. The molecule has 0 saturated carbocycles. The Morgan fingerprint density at radius 2 is 1.16 bits per heavy atom. The average molecular weight is 590 g/mol. The van der Waals surface area contributed by atoms with Gasteiger partial charge in [0.25, 0.3) is 0 Å². The lowest BCUT2D eigenvalue weighted by atomic mass is 9.78. The van der Waals surface area contributed by atoms with Gasteiger partial charge in [0, 0.05) is 69.2 Å². The molecule has 5 nitrogen and oxygen atoms in total. The Morgan fingerprint density at radius 3 is 1.68 bits per heavy atom. The summed E-state index contributed by atoms with van der Waals surface area (Å²) in [5.74, 6) is -0.354. The lowest BCUT2D eigenvalue weighted by molar-refractivity contribution is 0.0253. The van der Waals surface area contributed by atoms with E-state index in [4.69, 9.17) is 4.74 Å². The third-order valence-corrected chi connectivity index (χ3v) is 9.76. The molecule has 4 heterocycles. The molecule has 0 spiro atoms. The third kappa shape index (κ3) is 5.04. The number of para-hydroxylation sites is 2. The summed E-state index contributed by atoms with van der Waals surface area (Å²) < 4.78 is 11.7. The van der Waals surface area contributed by atoms with Crippen molar-refractivity contribution >= 4 is 27.8 Å². The quantitative estimate of drug-likeness (QED) is 0.0956. The van der Waals surface area contributed by atoms with Crippen LogP contribution in [-0.2, 0) is 23.4 Å². The summed E-state index contributed by atoms with van der Waals surface area (Å²) in [5, 5.41) is 2.28. The second kappa shape index (κ2) is 13.0. The first-order valence-electron chi connectivity index (χ1n) is 16.9. The van der Waals surface area contributed by atoms with E-state index in [-0.39, 0.29) is 5.97 Å². The van der Waals surface area contributed by atoms with E-state index in [0.29, 0.717) is 5.69 Å². The molecule has 0 fully saturated rings. The molecular formula is C39H47N3O2. The Labute approximate surface area is 262 Å². The van der Waals surface area contributed by atoms with Crippen molar-refractivity contribution in [1.82, 2.24) is 14.1 Å². The highest BCUT2D eigenvalue weighted by Gasteiger charge is 2.54. The van der Waals surface area contributed by atoms with Gasteiger partial charge in [-0.1, -0.05) is 108 Å². The number of fused-ring (bicyclic) bond motifs is 3. The molecule has 0 radical (unpaired) electrons. The first-order valence-corrected chi connectivity index (χ1v) is 16.9. The molecule has 1 aliphatic heterocycles. The molecule has 0 unspecified atom stereocenters. The maximum absolute atomic E-state index is 13.8. The lowest BCUT2D eigenvalue weighted by Gasteiger charge is -2.31. The molecule has 0 N–H and O–H groups in total. The van der Waals surface area contributed by atoms with Crippen LogP contribution in [0.25, 0.3) is 21.8 Å². The topological polar surface area (TPSA) is 49.0 Å². The molecule has 1 aliphatic rings. The third-order valence-electron chi connectivity index (χ3n) is 9.76. The predicted octanol–water partition coefficient (Wildman–Crippen LogP) is 10.0. The number of rotatable bonds is 14. The van der Waals surface area contributed by atoms with E-state index in [1.54, 1.807) is 6.20 Å². The van der Waals surface area contributed by atoms with Crippen LogP contribution < -0.4 is 0 Å². The van der Waals surface area contributed by atoms with E-state index in [0.717, 1.165) is 64.8 Å². The van der Waals surface area contributed by atoms with Crippen molar-refractivity contribution in [3.05, 3.63) is 101 Å². The maximum Gasteiger partial charge on any atom is 0.358 e. The molecule has 0 saturated heterocycles. The molecule has 5 heteroatoms. The van der Waals surface area contributed by atoms with Gasteiger partial charge < -0.3 is 13.9 Å². The molecule has 0 amide bonds. The summed E-state index contributed by atoms with van der Waals surface area (Å²) in [7, 11) is 0. The number of nitrogens with zero attached hydrogens (tertiary/aromatic N) is 3. The van der Waals surface area contributed by atoms with Gasteiger partial charge in [0.1, 0.15) is 0 Å². The van der Waals surface area contributed by atoms with Gasteiger partial charge in [-0.15, -0.1) is 0 Å². The van der Waals surface area contributed by atoms with E-state index in [1.165, 1.54) is 62.4 Å². The Balaban J connectivity index is 1.58. The Bertz CT molecular complexity index is 1680. The molecule has 2 aromatic carbocycles. The zero-order chi connectivity index (χ0) is 30.7. The number of unbranched alkanes of at least 4 members (excludes halogenated alkanes) is 8. The summed E-state index contributed by atoms with van der Waals surface area (Å²) in [4.78, 5) is 18.4. The van der Waals surface area contributed by atoms with E-state index in [2.05, 4.69) is 96.4 Å². The summed E-state index contributed by atoms with van der Waals surface area (Å²) >= 11 is 0. The minimum absolute atomic E-state index is 0.354. The molecular weight excluding hydrogens is 542 g/mol. The van der Waals surface area contributed by atoms with Gasteiger partial charge in [-0.3, -0.25) is 0 Å². The summed E-state index contributed by atoms with van der Waals surface area (Å²) in [6.07, 6.45) is 13.9. The van der Waals surface area contributed by atoms with Gasteiger partial charge in [-0.25, -0.2) is 9.78 Å². The van der Waals surface area contributed by atoms with Crippen LogP contribution in [0.1, 0.15) is 117 Å². The van der Waals surface area contributed by atoms with Crippen molar-refractivity contribution in [2.45, 2.75) is 111 Å².